The highest BCUT2D eigenvalue weighted by atomic mass is 16.5. The molecule has 0 aromatic rings. The van der Waals surface area contributed by atoms with Crippen molar-refractivity contribution in [1.82, 2.24) is 10.2 Å². The molecular formula is C16H32N2O. The van der Waals surface area contributed by atoms with Crippen LogP contribution in [-0.4, -0.2) is 51.3 Å². The van der Waals surface area contributed by atoms with Gasteiger partial charge in [0.2, 0.25) is 0 Å². The first-order valence-electron chi connectivity index (χ1n) is 8.13. The van der Waals surface area contributed by atoms with Crippen molar-refractivity contribution >= 4 is 0 Å². The first-order valence-corrected chi connectivity index (χ1v) is 8.13. The van der Waals surface area contributed by atoms with Crippen molar-refractivity contribution in [1.29, 1.82) is 0 Å². The van der Waals surface area contributed by atoms with Crippen molar-refractivity contribution in [2.24, 2.45) is 17.8 Å². The number of methoxy groups -OCH3 is 1. The molecule has 0 aromatic heterocycles. The standard InChI is InChI=1S/C16H32N2O/c1-4-7-17-16(12-19-3)11-18(2)10-15-9-13-5-6-14(15)8-13/h13-17H,4-12H2,1-3H3. The Kier molecular flexibility index (Phi) is 6.11. The lowest BCUT2D eigenvalue weighted by Crippen LogP contribution is -2.44. The number of nitrogens with one attached hydrogen (secondary N) is 1. The molecule has 19 heavy (non-hydrogen) atoms. The van der Waals surface area contributed by atoms with Gasteiger partial charge in [-0.05, 0) is 57.0 Å². The molecule has 2 bridgehead atoms. The summed E-state index contributed by atoms with van der Waals surface area (Å²) in [5.41, 5.74) is 0. The topological polar surface area (TPSA) is 24.5 Å². The molecule has 2 saturated carbocycles. The van der Waals surface area contributed by atoms with Gasteiger partial charge in [0.15, 0.2) is 0 Å². The first kappa shape index (κ1) is 15.3. The van der Waals surface area contributed by atoms with Crippen molar-refractivity contribution < 1.29 is 4.74 Å². The second kappa shape index (κ2) is 7.61. The second-order valence-electron chi connectivity index (χ2n) is 6.76. The lowest BCUT2D eigenvalue weighted by atomic mass is 9.88. The summed E-state index contributed by atoms with van der Waals surface area (Å²) in [6.07, 6.45) is 7.21. The van der Waals surface area contributed by atoms with Crippen LogP contribution in [0.4, 0.5) is 0 Å². The van der Waals surface area contributed by atoms with Crippen LogP contribution >= 0.6 is 0 Å². The van der Waals surface area contributed by atoms with Crippen LogP contribution in [-0.2, 0) is 4.74 Å². The van der Waals surface area contributed by atoms with Crippen LogP contribution in [0.25, 0.3) is 0 Å². The van der Waals surface area contributed by atoms with E-state index < -0.39 is 0 Å². The van der Waals surface area contributed by atoms with Crippen LogP contribution in [0.2, 0.25) is 0 Å². The van der Waals surface area contributed by atoms with Crippen LogP contribution in [0, 0.1) is 17.8 Å². The van der Waals surface area contributed by atoms with Crippen LogP contribution in [0.15, 0.2) is 0 Å². The zero-order chi connectivity index (χ0) is 13.7. The van der Waals surface area contributed by atoms with Gasteiger partial charge in [-0.1, -0.05) is 13.3 Å². The fourth-order valence-corrected chi connectivity index (χ4v) is 4.18. The summed E-state index contributed by atoms with van der Waals surface area (Å²) in [5.74, 6) is 3.08. The molecule has 4 atom stereocenters. The van der Waals surface area contributed by atoms with Gasteiger partial charge >= 0.3 is 0 Å². The maximum atomic E-state index is 5.33. The van der Waals surface area contributed by atoms with Crippen LogP contribution < -0.4 is 5.32 Å². The molecule has 2 rings (SSSR count). The maximum absolute atomic E-state index is 5.33. The molecule has 1 N–H and O–H groups in total. The third-order valence-electron chi connectivity index (χ3n) is 5.01. The molecule has 0 spiro atoms. The first-order chi connectivity index (χ1) is 9.22. The van der Waals surface area contributed by atoms with E-state index in [-0.39, 0.29) is 0 Å². The van der Waals surface area contributed by atoms with E-state index in [0.29, 0.717) is 6.04 Å². The van der Waals surface area contributed by atoms with E-state index in [2.05, 4.69) is 24.2 Å². The molecule has 2 fully saturated rings. The number of ether oxygens (including phenoxy) is 1. The third kappa shape index (κ3) is 4.44. The monoisotopic (exact) mass is 268 g/mol. The number of hydrogen-bond donors (Lipinski definition) is 1. The minimum Gasteiger partial charge on any atom is -0.383 e. The molecule has 0 amide bonds. The van der Waals surface area contributed by atoms with Crippen molar-refractivity contribution in [3.05, 3.63) is 0 Å². The summed E-state index contributed by atoms with van der Waals surface area (Å²) in [6, 6.07) is 0.480. The van der Waals surface area contributed by atoms with Crippen LogP contribution in [0.1, 0.15) is 39.0 Å². The summed E-state index contributed by atoms with van der Waals surface area (Å²) >= 11 is 0. The van der Waals surface area contributed by atoms with Gasteiger partial charge in [0.05, 0.1) is 6.61 Å². The van der Waals surface area contributed by atoms with Gasteiger partial charge in [0.1, 0.15) is 0 Å². The average Bonchev–Trinajstić information content (AvgIpc) is 2.98. The zero-order valence-electron chi connectivity index (χ0n) is 13.0. The lowest BCUT2D eigenvalue weighted by Gasteiger charge is -2.30. The number of rotatable bonds is 9. The molecule has 3 nitrogen and oxygen atoms in total. The Morgan fingerprint density at radius 1 is 1.32 bits per heavy atom. The van der Waals surface area contributed by atoms with Crippen LogP contribution in [0.3, 0.4) is 0 Å². The molecule has 2 aliphatic rings. The van der Waals surface area contributed by atoms with E-state index in [1.54, 1.807) is 7.11 Å². The zero-order valence-corrected chi connectivity index (χ0v) is 13.0. The second-order valence-corrected chi connectivity index (χ2v) is 6.76. The van der Waals surface area contributed by atoms with E-state index >= 15 is 0 Å². The SMILES string of the molecule is CCCNC(COC)CN(C)CC1CC2CCC1C2. The van der Waals surface area contributed by atoms with E-state index in [1.165, 1.54) is 38.6 Å². The highest BCUT2D eigenvalue weighted by Crippen LogP contribution is 2.48. The summed E-state index contributed by atoms with van der Waals surface area (Å²) in [7, 11) is 4.08. The van der Waals surface area contributed by atoms with Gasteiger partial charge in [-0.15, -0.1) is 0 Å². The lowest BCUT2D eigenvalue weighted by molar-refractivity contribution is 0.134. The fourth-order valence-electron chi connectivity index (χ4n) is 4.18. The molecular weight excluding hydrogens is 236 g/mol. The number of nitrogens with zero attached hydrogens (tertiary/aromatic N) is 1. The Morgan fingerprint density at radius 2 is 2.16 bits per heavy atom. The Balaban J connectivity index is 1.70. The summed E-state index contributed by atoms with van der Waals surface area (Å²) in [4.78, 5) is 2.53. The van der Waals surface area contributed by atoms with Crippen molar-refractivity contribution in [3.63, 3.8) is 0 Å². The number of hydrogen-bond acceptors (Lipinski definition) is 3. The van der Waals surface area contributed by atoms with Gasteiger partial charge in [-0.25, -0.2) is 0 Å². The van der Waals surface area contributed by atoms with Gasteiger partial charge in [0, 0.05) is 26.2 Å². The molecule has 0 radical (unpaired) electrons. The van der Waals surface area contributed by atoms with Crippen molar-refractivity contribution in [2.75, 3.05) is 40.4 Å². The van der Waals surface area contributed by atoms with E-state index in [9.17, 15) is 0 Å². The fraction of sp³-hybridized carbons (Fsp3) is 1.00. The third-order valence-corrected chi connectivity index (χ3v) is 5.01. The van der Waals surface area contributed by atoms with Gasteiger partial charge < -0.3 is 15.0 Å². The largest absolute Gasteiger partial charge is 0.383 e. The highest BCUT2D eigenvalue weighted by molar-refractivity contribution is 4.91. The smallest absolute Gasteiger partial charge is 0.0628 e. The molecule has 0 saturated heterocycles. The Hall–Kier alpha value is -0.120. The highest BCUT2D eigenvalue weighted by Gasteiger charge is 2.39. The molecule has 4 unspecified atom stereocenters. The predicted molar refractivity (Wildman–Crippen MR) is 80.4 cm³/mol. The number of likely N-dealkylation sites (N-methyl/N-ethyl adjacent to an activating group) is 1. The molecule has 0 aliphatic heterocycles. The average molecular weight is 268 g/mol. The molecule has 112 valence electrons. The van der Waals surface area contributed by atoms with Gasteiger partial charge in [-0.2, -0.15) is 0 Å². The number of fused-ring (bicyclic) bond motifs is 2. The predicted octanol–water partition coefficient (Wildman–Crippen LogP) is 2.37. The van der Waals surface area contributed by atoms with E-state index in [4.69, 9.17) is 4.74 Å². The van der Waals surface area contributed by atoms with E-state index in [0.717, 1.165) is 37.5 Å². The van der Waals surface area contributed by atoms with Crippen LogP contribution in [0.5, 0.6) is 0 Å². The molecule has 0 aromatic carbocycles. The Morgan fingerprint density at radius 3 is 2.74 bits per heavy atom. The van der Waals surface area contributed by atoms with E-state index in [1.807, 2.05) is 0 Å². The minimum atomic E-state index is 0.480. The quantitative estimate of drug-likeness (QED) is 0.695. The van der Waals surface area contributed by atoms with Crippen molar-refractivity contribution in [2.45, 2.75) is 45.1 Å². The Bertz CT molecular complexity index is 259. The Labute approximate surface area is 119 Å². The summed E-state index contributed by atoms with van der Waals surface area (Å²) < 4.78 is 5.33. The van der Waals surface area contributed by atoms with Gasteiger partial charge in [-0.3, -0.25) is 0 Å². The van der Waals surface area contributed by atoms with Gasteiger partial charge in [0.25, 0.3) is 0 Å². The molecule has 3 heteroatoms. The normalized spacial score (nSPS) is 31.3. The maximum Gasteiger partial charge on any atom is 0.0628 e. The molecule has 2 aliphatic carbocycles. The van der Waals surface area contributed by atoms with Crippen molar-refractivity contribution in [3.8, 4) is 0 Å². The summed E-state index contributed by atoms with van der Waals surface area (Å²) in [5, 5.41) is 3.59. The summed E-state index contributed by atoms with van der Waals surface area (Å²) in [6.45, 7) is 6.53. The molecule has 0 heterocycles. The minimum absolute atomic E-state index is 0.480.